The van der Waals surface area contributed by atoms with Crippen molar-refractivity contribution in [1.82, 2.24) is 8.68 Å². The van der Waals surface area contributed by atoms with Crippen molar-refractivity contribution in [3.8, 4) is 0 Å². The summed E-state index contributed by atoms with van der Waals surface area (Å²) in [6.07, 6.45) is 4.34. The number of sulfonamides is 1. The maximum Gasteiger partial charge on any atom is 0.249 e. The van der Waals surface area contributed by atoms with E-state index < -0.39 is 10.0 Å². The zero-order valence-corrected chi connectivity index (χ0v) is 13.8. The minimum atomic E-state index is -3.56. The molecule has 0 unspecified atom stereocenters. The van der Waals surface area contributed by atoms with Gasteiger partial charge in [-0.1, -0.05) is 13.3 Å². The minimum Gasteiger partial charge on any atom is -0.382 e. The number of anilines is 2. The van der Waals surface area contributed by atoms with Crippen LogP contribution in [0.5, 0.6) is 0 Å². The van der Waals surface area contributed by atoms with Gasteiger partial charge in [-0.3, -0.25) is 0 Å². The SMILES string of the molecule is CCCCN(c1snc(N)c1S(=O)(=O)N(C)C)C1CC1. The second-order valence-corrected chi connectivity index (χ2v) is 8.11. The summed E-state index contributed by atoms with van der Waals surface area (Å²) in [6, 6.07) is 0.442. The van der Waals surface area contributed by atoms with E-state index in [2.05, 4.69) is 16.2 Å². The molecule has 0 aromatic carbocycles. The van der Waals surface area contributed by atoms with Crippen LogP contribution in [0.2, 0.25) is 0 Å². The molecule has 8 heteroatoms. The van der Waals surface area contributed by atoms with Crippen LogP contribution in [0, 0.1) is 0 Å². The molecule has 0 aliphatic heterocycles. The Morgan fingerprint density at radius 3 is 2.55 bits per heavy atom. The molecule has 1 aromatic rings. The van der Waals surface area contributed by atoms with Gasteiger partial charge in [0.1, 0.15) is 5.00 Å². The quantitative estimate of drug-likeness (QED) is 0.828. The fourth-order valence-corrected chi connectivity index (χ4v) is 4.36. The van der Waals surface area contributed by atoms with Gasteiger partial charge in [-0.15, -0.1) is 0 Å². The Labute approximate surface area is 124 Å². The monoisotopic (exact) mass is 318 g/mol. The summed E-state index contributed by atoms with van der Waals surface area (Å²) in [5.74, 6) is 0.112. The molecule has 0 amide bonds. The van der Waals surface area contributed by atoms with Gasteiger partial charge in [0, 0.05) is 26.7 Å². The van der Waals surface area contributed by atoms with Gasteiger partial charge in [-0.05, 0) is 30.8 Å². The lowest BCUT2D eigenvalue weighted by Gasteiger charge is -2.24. The summed E-state index contributed by atoms with van der Waals surface area (Å²) in [5, 5.41) is 0.701. The smallest absolute Gasteiger partial charge is 0.249 e. The zero-order valence-electron chi connectivity index (χ0n) is 12.2. The number of rotatable bonds is 7. The topological polar surface area (TPSA) is 79.5 Å². The van der Waals surface area contributed by atoms with Crippen molar-refractivity contribution in [2.45, 2.75) is 43.5 Å². The van der Waals surface area contributed by atoms with Gasteiger partial charge in [0.2, 0.25) is 10.0 Å². The van der Waals surface area contributed by atoms with E-state index in [0.717, 1.165) is 32.2 Å². The van der Waals surface area contributed by atoms with Gasteiger partial charge in [0.05, 0.1) is 0 Å². The largest absolute Gasteiger partial charge is 0.382 e. The molecule has 20 heavy (non-hydrogen) atoms. The Hall–Kier alpha value is -0.860. The fourth-order valence-electron chi connectivity index (χ4n) is 2.06. The van der Waals surface area contributed by atoms with Crippen molar-refractivity contribution >= 4 is 32.4 Å². The number of nitrogen functional groups attached to an aromatic ring is 1. The van der Waals surface area contributed by atoms with E-state index in [1.807, 2.05) is 0 Å². The van der Waals surface area contributed by atoms with Gasteiger partial charge in [-0.25, -0.2) is 12.7 Å². The molecular formula is C12H22N4O2S2. The predicted molar refractivity (Wildman–Crippen MR) is 82.7 cm³/mol. The maximum atomic E-state index is 12.4. The number of nitrogens with zero attached hydrogens (tertiary/aromatic N) is 3. The van der Waals surface area contributed by atoms with Crippen LogP contribution in [-0.4, -0.2) is 43.8 Å². The molecule has 2 N–H and O–H groups in total. The first kappa shape index (κ1) is 15.5. The molecule has 0 bridgehead atoms. The Kier molecular flexibility index (Phi) is 4.55. The van der Waals surface area contributed by atoms with Gasteiger partial charge in [0.15, 0.2) is 10.7 Å². The third kappa shape index (κ3) is 2.91. The van der Waals surface area contributed by atoms with E-state index in [4.69, 9.17) is 5.73 Å². The van der Waals surface area contributed by atoms with Gasteiger partial charge >= 0.3 is 0 Å². The molecular weight excluding hydrogens is 296 g/mol. The van der Waals surface area contributed by atoms with Crippen molar-refractivity contribution in [1.29, 1.82) is 0 Å². The minimum absolute atomic E-state index is 0.112. The van der Waals surface area contributed by atoms with E-state index >= 15 is 0 Å². The van der Waals surface area contributed by atoms with Crippen LogP contribution in [0.1, 0.15) is 32.6 Å². The third-order valence-electron chi connectivity index (χ3n) is 3.40. The van der Waals surface area contributed by atoms with Crippen LogP contribution in [0.25, 0.3) is 0 Å². The van der Waals surface area contributed by atoms with E-state index in [0.29, 0.717) is 11.0 Å². The number of aromatic nitrogens is 1. The summed E-state index contributed by atoms with van der Waals surface area (Å²) < 4.78 is 30.2. The van der Waals surface area contributed by atoms with E-state index in [1.165, 1.54) is 29.9 Å². The molecule has 1 aliphatic rings. The van der Waals surface area contributed by atoms with Crippen LogP contribution in [0.3, 0.4) is 0 Å². The lowest BCUT2D eigenvalue weighted by Crippen LogP contribution is -2.30. The average Bonchev–Trinajstić information content (AvgIpc) is 3.13. The van der Waals surface area contributed by atoms with Gasteiger partial charge in [0.25, 0.3) is 0 Å². The highest BCUT2D eigenvalue weighted by Gasteiger charge is 2.36. The number of nitrogens with two attached hydrogens (primary N) is 1. The summed E-state index contributed by atoms with van der Waals surface area (Å²) >= 11 is 1.19. The first-order valence-corrected chi connectivity index (χ1v) is 9.05. The second-order valence-electron chi connectivity index (χ2n) is 5.27. The number of hydrogen-bond donors (Lipinski definition) is 1. The molecule has 0 spiro atoms. The molecule has 114 valence electrons. The van der Waals surface area contributed by atoms with Crippen molar-refractivity contribution < 1.29 is 8.42 Å². The summed E-state index contributed by atoms with van der Waals surface area (Å²) in [6.45, 7) is 2.99. The predicted octanol–water partition coefficient (Wildman–Crippen LogP) is 1.74. The van der Waals surface area contributed by atoms with Crippen molar-refractivity contribution in [3.05, 3.63) is 0 Å². The van der Waals surface area contributed by atoms with Crippen LogP contribution >= 0.6 is 11.5 Å². The molecule has 1 aliphatic carbocycles. The lowest BCUT2D eigenvalue weighted by atomic mass is 10.3. The molecule has 6 nitrogen and oxygen atoms in total. The molecule has 1 heterocycles. The Morgan fingerprint density at radius 1 is 1.40 bits per heavy atom. The highest BCUT2D eigenvalue weighted by Crippen LogP contribution is 2.41. The molecule has 0 atom stereocenters. The van der Waals surface area contributed by atoms with Gasteiger partial charge < -0.3 is 10.6 Å². The molecule has 1 fully saturated rings. The van der Waals surface area contributed by atoms with E-state index in [9.17, 15) is 8.42 Å². The molecule has 1 aromatic heterocycles. The van der Waals surface area contributed by atoms with Crippen molar-refractivity contribution in [2.75, 3.05) is 31.3 Å². The van der Waals surface area contributed by atoms with Crippen LogP contribution in [-0.2, 0) is 10.0 Å². The van der Waals surface area contributed by atoms with Crippen LogP contribution in [0.15, 0.2) is 4.90 Å². The van der Waals surface area contributed by atoms with Crippen LogP contribution in [0.4, 0.5) is 10.8 Å². The second kappa shape index (κ2) is 5.87. The molecule has 2 rings (SSSR count). The van der Waals surface area contributed by atoms with E-state index in [-0.39, 0.29) is 10.7 Å². The first-order chi connectivity index (χ1) is 9.39. The normalized spacial score (nSPS) is 15.8. The highest BCUT2D eigenvalue weighted by molar-refractivity contribution is 7.89. The maximum absolute atomic E-state index is 12.4. The zero-order chi connectivity index (χ0) is 14.9. The fraction of sp³-hybridized carbons (Fsp3) is 0.750. The number of unbranched alkanes of at least 4 members (excludes halogenated alkanes) is 1. The average molecular weight is 318 g/mol. The lowest BCUT2D eigenvalue weighted by molar-refractivity contribution is 0.521. The molecule has 0 radical (unpaired) electrons. The first-order valence-electron chi connectivity index (χ1n) is 6.84. The summed E-state index contributed by atoms with van der Waals surface area (Å²) in [7, 11) is -0.521. The van der Waals surface area contributed by atoms with Crippen LogP contribution < -0.4 is 10.6 Å². The van der Waals surface area contributed by atoms with Crippen molar-refractivity contribution in [3.63, 3.8) is 0 Å². The molecule has 0 saturated heterocycles. The Morgan fingerprint density at radius 2 is 2.05 bits per heavy atom. The summed E-state index contributed by atoms with van der Waals surface area (Å²) in [4.78, 5) is 2.35. The Bertz CT molecular complexity index is 564. The van der Waals surface area contributed by atoms with E-state index in [1.54, 1.807) is 0 Å². The standard InChI is InChI=1S/C12H22N4O2S2/c1-4-5-8-16(9-6-7-9)12-10(11(13)14-19-12)20(17,18)15(2)3/h9H,4-8H2,1-3H3,(H2,13,14). The molecule has 1 saturated carbocycles. The Balaban J connectivity index is 2.41. The third-order valence-corrected chi connectivity index (χ3v) is 6.31. The number of hydrogen-bond acceptors (Lipinski definition) is 6. The highest BCUT2D eigenvalue weighted by atomic mass is 32.2. The van der Waals surface area contributed by atoms with Gasteiger partial charge in [-0.2, -0.15) is 4.37 Å². The van der Waals surface area contributed by atoms with Crippen molar-refractivity contribution in [2.24, 2.45) is 0 Å². The summed E-state index contributed by atoms with van der Waals surface area (Å²) in [5.41, 5.74) is 5.82.